The van der Waals surface area contributed by atoms with Gasteiger partial charge in [-0.3, -0.25) is 0 Å². The van der Waals surface area contributed by atoms with Gasteiger partial charge in [-0.1, -0.05) is 48.9 Å². The maximum absolute atomic E-state index is 10.1. The molecular formula is C23H32O3. The average molecular weight is 357 g/mol. The number of hydrogen-bond acceptors (Lipinski definition) is 3. The van der Waals surface area contributed by atoms with Crippen molar-refractivity contribution in [2.75, 3.05) is 19.8 Å². The van der Waals surface area contributed by atoms with Crippen LogP contribution in [0.15, 0.2) is 48.6 Å². The van der Waals surface area contributed by atoms with Crippen molar-refractivity contribution >= 4 is 0 Å². The summed E-state index contributed by atoms with van der Waals surface area (Å²) in [6, 6.07) is 12.4. The molecule has 0 amide bonds. The van der Waals surface area contributed by atoms with E-state index in [0.717, 1.165) is 17.5 Å². The average Bonchev–Trinajstić information content (AvgIpc) is 2.63. The number of benzene rings is 2. The molecule has 0 aliphatic rings. The van der Waals surface area contributed by atoms with Crippen LogP contribution in [-0.4, -0.2) is 30.0 Å². The van der Waals surface area contributed by atoms with Gasteiger partial charge in [0, 0.05) is 6.61 Å². The van der Waals surface area contributed by atoms with Crippen molar-refractivity contribution in [1.29, 1.82) is 0 Å². The highest BCUT2D eigenvalue weighted by Crippen LogP contribution is 2.29. The summed E-state index contributed by atoms with van der Waals surface area (Å²) in [5.41, 5.74) is 5.95. The number of rotatable bonds is 7. The van der Waals surface area contributed by atoms with E-state index >= 15 is 0 Å². The first-order valence-electron chi connectivity index (χ1n) is 9.28. The van der Waals surface area contributed by atoms with Gasteiger partial charge in [0.25, 0.3) is 0 Å². The Balaban J connectivity index is 0.00000105. The Kier molecular flexibility index (Phi) is 10.4. The molecule has 0 bridgehead atoms. The SMILES string of the molecule is C/C=C/COCCc1cc(-c2ccc(C)cc2CC)ccc1O.CCO. The van der Waals surface area contributed by atoms with Crippen molar-refractivity contribution in [3.05, 3.63) is 65.2 Å². The molecule has 0 radical (unpaired) electrons. The smallest absolute Gasteiger partial charge is 0.118 e. The first kappa shape index (κ1) is 21.9. The Hall–Kier alpha value is -2.10. The maximum Gasteiger partial charge on any atom is 0.118 e. The van der Waals surface area contributed by atoms with E-state index in [-0.39, 0.29) is 6.61 Å². The number of aliphatic hydroxyl groups excluding tert-OH is 1. The third kappa shape index (κ3) is 7.03. The van der Waals surface area contributed by atoms with Gasteiger partial charge in [-0.05, 0) is 68.0 Å². The molecule has 2 N–H and O–H groups in total. The third-order valence-corrected chi connectivity index (χ3v) is 4.00. The lowest BCUT2D eigenvalue weighted by Crippen LogP contribution is -1.99. The Labute approximate surface area is 158 Å². The summed E-state index contributed by atoms with van der Waals surface area (Å²) in [5.74, 6) is 0.341. The highest BCUT2D eigenvalue weighted by atomic mass is 16.5. The molecule has 3 nitrogen and oxygen atoms in total. The van der Waals surface area contributed by atoms with E-state index in [9.17, 15) is 5.11 Å². The van der Waals surface area contributed by atoms with Crippen LogP contribution in [0.5, 0.6) is 5.75 Å². The molecule has 0 saturated heterocycles. The minimum atomic E-state index is 0.250. The molecule has 142 valence electrons. The Morgan fingerprint density at radius 1 is 1.04 bits per heavy atom. The fourth-order valence-electron chi connectivity index (χ4n) is 2.68. The van der Waals surface area contributed by atoms with E-state index in [1.807, 2.05) is 25.1 Å². The van der Waals surface area contributed by atoms with E-state index in [4.69, 9.17) is 9.84 Å². The highest BCUT2D eigenvalue weighted by molar-refractivity contribution is 5.69. The zero-order chi connectivity index (χ0) is 19.4. The molecule has 0 spiro atoms. The van der Waals surface area contributed by atoms with E-state index < -0.39 is 0 Å². The fourth-order valence-corrected chi connectivity index (χ4v) is 2.68. The molecule has 2 aromatic carbocycles. The van der Waals surface area contributed by atoms with Crippen LogP contribution in [0.3, 0.4) is 0 Å². The van der Waals surface area contributed by atoms with Crippen LogP contribution < -0.4 is 0 Å². The van der Waals surface area contributed by atoms with Crippen LogP contribution in [0.2, 0.25) is 0 Å². The first-order chi connectivity index (χ1) is 12.6. The molecular weight excluding hydrogens is 324 g/mol. The normalized spacial score (nSPS) is 10.7. The molecule has 2 aromatic rings. The number of aromatic hydroxyl groups is 1. The molecule has 0 atom stereocenters. The molecule has 0 fully saturated rings. The quantitative estimate of drug-likeness (QED) is 0.538. The van der Waals surface area contributed by atoms with Crippen molar-refractivity contribution in [1.82, 2.24) is 0 Å². The summed E-state index contributed by atoms with van der Waals surface area (Å²) in [6.07, 6.45) is 5.67. The number of aryl methyl sites for hydroxylation is 2. The summed E-state index contributed by atoms with van der Waals surface area (Å²) >= 11 is 0. The molecule has 3 heteroatoms. The summed E-state index contributed by atoms with van der Waals surface area (Å²) in [4.78, 5) is 0. The number of ether oxygens (including phenoxy) is 1. The lowest BCUT2D eigenvalue weighted by atomic mass is 9.94. The molecule has 0 heterocycles. The van der Waals surface area contributed by atoms with Gasteiger partial charge in [0.15, 0.2) is 0 Å². The fraction of sp³-hybridized carbons (Fsp3) is 0.391. The van der Waals surface area contributed by atoms with Crippen LogP contribution in [0, 0.1) is 6.92 Å². The molecule has 0 aliphatic carbocycles. The van der Waals surface area contributed by atoms with Gasteiger partial charge in [0.1, 0.15) is 5.75 Å². The lowest BCUT2D eigenvalue weighted by Gasteiger charge is -2.12. The lowest BCUT2D eigenvalue weighted by molar-refractivity contribution is 0.165. The summed E-state index contributed by atoms with van der Waals surface area (Å²) in [7, 11) is 0. The summed E-state index contributed by atoms with van der Waals surface area (Å²) in [5, 5.41) is 17.7. The minimum Gasteiger partial charge on any atom is -0.508 e. The number of phenols is 1. The second-order valence-corrected chi connectivity index (χ2v) is 6.07. The van der Waals surface area contributed by atoms with E-state index in [2.05, 4.69) is 38.1 Å². The van der Waals surface area contributed by atoms with Gasteiger partial charge in [0.05, 0.1) is 13.2 Å². The molecule has 0 saturated carbocycles. The third-order valence-electron chi connectivity index (χ3n) is 4.00. The van der Waals surface area contributed by atoms with Gasteiger partial charge in [-0.2, -0.15) is 0 Å². The van der Waals surface area contributed by atoms with Crippen LogP contribution in [-0.2, 0) is 17.6 Å². The largest absolute Gasteiger partial charge is 0.508 e. The minimum absolute atomic E-state index is 0.250. The van der Waals surface area contributed by atoms with E-state index in [1.165, 1.54) is 16.7 Å². The van der Waals surface area contributed by atoms with E-state index in [0.29, 0.717) is 25.4 Å². The van der Waals surface area contributed by atoms with Crippen LogP contribution in [0.25, 0.3) is 11.1 Å². The maximum atomic E-state index is 10.1. The number of phenolic OH excluding ortho intramolecular Hbond substituents is 1. The number of hydrogen-bond donors (Lipinski definition) is 2. The Morgan fingerprint density at radius 3 is 2.42 bits per heavy atom. The topological polar surface area (TPSA) is 49.7 Å². The zero-order valence-electron chi connectivity index (χ0n) is 16.5. The van der Waals surface area contributed by atoms with Crippen LogP contribution in [0.1, 0.15) is 37.5 Å². The van der Waals surface area contributed by atoms with Crippen molar-refractivity contribution in [3.63, 3.8) is 0 Å². The van der Waals surface area contributed by atoms with Crippen molar-refractivity contribution in [3.8, 4) is 16.9 Å². The predicted molar refractivity (Wildman–Crippen MR) is 110 cm³/mol. The van der Waals surface area contributed by atoms with Crippen LogP contribution >= 0.6 is 0 Å². The van der Waals surface area contributed by atoms with Crippen LogP contribution in [0.4, 0.5) is 0 Å². The van der Waals surface area contributed by atoms with Crippen molar-refractivity contribution in [2.45, 2.75) is 40.5 Å². The van der Waals surface area contributed by atoms with Gasteiger partial charge >= 0.3 is 0 Å². The Morgan fingerprint density at radius 2 is 1.77 bits per heavy atom. The monoisotopic (exact) mass is 356 g/mol. The highest BCUT2D eigenvalue weighted by Gasteiger charge is 2.08. The first-order valence-corrected chi connectivity index (χ1v) is 9.28. The van der Waals surface area contributed by atoms with Gasteiger partial charge in [-0.25, -0.2) is 0 Å². The summed E-state index contributed by atoms with van der Waals surface area (Å²) in [6.45, 7) is 9.43. The predicted octanol–water partition coefficient (Wildman–Crippen LogP) is 5.06. The van der Waals surface area contributed by atoms with Gasteiger partial charge in [-0.15, -0.1) is 0 Å². The molecule has 2 rings (SSSR count). The second-order valence-electron chi connectivity index (χ2n) is 6.07. The standard InChI is InChI=1S/C21H26O2.C2H6O/c1-4-6-12-23-13-11-19-15-18(8-10-21(19)22)20-9-7-16(3)14-17(20)5-2;1-2-3/h4,6-10,14-15,22H,5,11-13H2,1-3H3;3H,2H2,1H3/b6-4+;. The van der Waals surface area contributed by atoms with Gasteiger partial charge in [0.2, 0.25) is 0 Å². The van der Waals surface area contributed by atoms with Crippen molar-refractivity contribution in [2.24, 2.45) is 0 Å². The van der Waals surface area contributed by atoms with Gasteiger partial charge < -0.3 is 14.9 Å². The summed E-state index contributed by atoms with van der Waals surface area (Å²) < 4.78 is 5.54. The molecule has 0 unspecified atom stereocenters. The zero-order valence-corrected chi connectivity index (χ0v) is 16.5. The Bertz CT molecular complexity index is 690. The number of allylic oxidation sites excluding steroid dienone is 1. The second kappa shape index (κ2) is 12.3. The van der Waals surface area contributed by atoms with E-state index in [1.54, 1.807) is 13.0 Å². The van der Waals surface area contributed by atoms with Crippen molar-refractivity contribution < 1.29 is 14.9 Å². The number of aliphatic hydroxyl groups is 1. The molecule has 0 aromatic heterocycles. The molecule has 26 heavy (non-hydrogen) atoms. The molecule has 0 aliphatic heterocycles.